The van der Waals surface area contributed by atoms with Gasteiger partial charge >= 0.3 is 0 Å². The lowest BCUT2D eigenvalue weighted by Crippen LogP contribution is -2.27. The van der Waals surface area contributed by atoms with Gasteiger partial charge in [-0.15, -0.1) is 0 Å². The second-order valence-electron chi connectivity index (χ2n) is 3.63. The molecule has 0 aliphatic rings. The number of nitrogens with zero attached hydrogens (tertiary/aromatic N) is 4. The van der Waals surface area contributed by atoms with Gasteiger partial charge in [-0.1, -0.05) is 6.92 Å². The molecule has 1 heterocycles. The molecule has 4 heteroatoms. The molecule has 0 amide bonds. The van der Waals surface area contributed by atoms with Gasteiger partial charge in [0.15, 0.2) is 0 Å². The van der Waals surface area contributed by atoms with E-state index in [4.69, 9.17) is 5.26 Å². The first-order valence-electron chi connectivity index (χ1n) is 5.34. The predicted octanol–water partition coefficient (Wildman–Crippen LogP) is 1.20. The summed E-state index contributed by atoms with van der Waals surface area (Å²) in [7, 11) is 1.95. The standard InChI is InChI=1S/C11H18N4/c1-3-8-15(10-6-12)9-5-11-4-7-13-14(11)2/h4,7H,3,5,8-10H2,1-2H3. The van der Waals surface area contributed by atoms with Gasteiger partial charge in [0, 0.05) is 31.9 Å². The van der Waals surface area contributed by atoms with E-state index in [1.54, 1.807) is 0 Å². The van der Waals surface area contributed by atoms with Crippen molar-refractivity contribution in [1.29, 1.82) is 5.26 Å². The topological polar surface area (TPSA) is 44.9 Å². The van der Waals surface area contributed by atoms with Crippen molar-refractivity contribution in [2.75, 3.05) is 19.6 Å². The van der Waals surface area contributed by atoms with E-state index < -0.39 is 0 Å². The average molecular weight is 206 g/mol. The van der Waals surface area contributed by atoms with Gasteiger partial charge in [-0.05, 0) is 19.0 Å². The third kappa shape index (κ3) is 3.72. The van der Waals surface area contributed by atoms with E-state index >= 15 is 0 Å². The first-order chi connectivity index (χ1) is 7.27. The molecule has 0 aliphatic carbocycles. The average Bonchev–Trinajstić information content (AvgIpc) is 2.61. The minimum absolute atomic E-state index is 0.520. The molecule has 0 fully saturated rings. The van der Waals surface area contributed by atoms with Crippen LogP contribution in [0.4, 0.5) is 0 Å². The Morgan fingerprint density at radius 1 is 1.53 bits per heavy atom. The van der Waals surface area contributed by atoms with Gasteiger partial charge in [0.2, 0.25) is 0 Å². The number of aromatic nitrogens is 2. The Morgan fingerprint density at radius 3 is 2.87 bits per heavy atom. The van der Waals surface area contributed by atoms with Crippen molar-refractivity contribution in [2.24, 2.45) is 7.05 Å². The Balaban J connectivity index is 2.40. The lowest BCUT2D eigenvalue weighted by Gasteiger charge is -2.17. The summed E-state index contributed by atoms with van der Waals surface area (Å²) in [6.07, 6.45) is 3.86. The van der Waals surface area contributed by atoms with Crippen LogP contribution in [-0.2, 0) is 13.5 Å². The summed E-state index contributed by atoms with van der Waals surface area (Å²) in [5, 5.41) is 12.8. The van der Waals surface area contributed by atoms with Crippen molar-refractivity contribution in [3.63, 3.8) is 0 Å². The molecule has 0 radical (unpaired) electrons. The molecule has 82 valence electrons. The van der Waals surface area contributed by atoms with Crippen molar-refractivity contribution >= 4 is 0 Å². The van der Waals surface area contributed by atoms with E-state index in [2.05, 4.69) is 23.0 Å². The molecule has 0 saturated heterocycles. The Kier molecular flexibility index (Phi) is 4.85. The monoisotopic (exact) mass is 206 g/mol. The van der Waals surface area contributed by atoms with Crippen LogP contribution in [0, 0.1) is 11.3 Å². The Bertz CT molecular complexity index is 324. The van der Waals surface area contributed by atoms with Gasteiger partial charge < -0.3 is 0 Å². The van der Waals surface area contributed by atoms with Gasteiger partial charge in [-0.25, -0.2) is 0 Å². The highest BCUT2D eigenvalue weighted by Gasteiger charge is 2.04. The van der Waals surface area contributed by atoms with Crippen molar-refractivity contribution in [2.45, 2.75) is 19.8 Å². The fraction of sp³-hybridized carbons (Fsp3) is 0.636. The molecule has 0 aliphatic heterocycles. The maximum absolute atomic E-state index is 8.67. The molecule has 4 nitrogen and oxygen atoms in total. The number of aryl methyl sites for hydroxylation is 1. The van der Waals surface area contributed by atoms with Gasteiger partial charge in [0.1, 0.15) is 0 Å². The molecule has 1 aromatic rings. The molecule has 1 rings (SSSR count). The maximum Gasteiger partial charge on any atom is 0.0866 e. The molecule has 0 unspecified atom stereocenters. The molecule has 1 aromatic heterocycles. The van der Waals surface area contributed by atoms with Crippen LogP contribution < -0.4 is 0 Å². The summed E-state index contributed by atoms with van der Waals surface area (Å²) in [6.45, 7) is 4.58. The van der Waals surface area contributed by atoms with Gasteiger partial charge in [0.25, 0.3) is 0 Å². The fourth-order valence-corrected chi connectivity index (χ4v) is 1.61. The number of nitriles is 1. The van der Waals surface area contributed by atoms with E-state index in [1.807, 2.05) is 24.0 Å². The predicted molar refractivity (Wildman–Crippen MR) is 59.3 cm³/mol. The zero-order chi connectivity index (χ0) is 11.1. The van der Waals surface area contributed by atoms with Crippen molar-refractivity contribution in [1.82, 2.24) is 14.7 Å². The third-order valence-electron chi connectivity index (χ3n) is 2.44. The van der Waals surface area contributed by atoms with Crippen LogP contribution in [0.25, 0.3) is 0 Å². The normalized spacial score (nSPS) is 10.5. The minimum atomic E-state index is 0.520. The SMILES string of the molecule is CCCN(CC#N)CCc1ccnn1C. The maximum atomic E-state index is 8.67. The molecule has 0 atom stereocenters. The van der Waals surface area contributed by atoms with E-state index in [0.717, 1.165) is 25.9 Å². The lowest BCUT2D eigenvalue weighted by atomic mass is 10.3. The highest BCUT2D eigenvalue weighted by Crippen LogP contribution is 2.00. The third-order valence-corrected chi connectivity index (χ3v) is 2.44. The number of hydrogen-bond acceptors (Lipinski definition) is 3. The smallest absolute Gasteiger partial charge is 0.0866 e. The molecular weight excluding hydrogens is 188 g/mol. The number of hydrogen-bond donors (Lipinski definition) is 0. The Hall–Kier alpha value is -1.34. The van der Waals surface area contributed by atoms with Gasteiger partial charge in [-0.2, -0.15) is 10.4 Å². The summed E-state index contributed by atoms with van der Waals surface area (Å²) in [5.41, 5.74) is 1.22. The minimum Gasteiger partial charge on any atom is -0.290 e. The largest absolute Gasteiger partial charge is 0.290 e. The zero-order valence-electron chi connectivity index (χ0n) is 9.48. The summed E-state index contributed by atoms with van der Waals surface area (Å²) < 4.78 is 1.89. The first kappa shape index (κ1) is 11.7. The van der Waals surface area contributed by atoms with Crippen LogP contribution in [-0.4, -0.2) is 34.3 Å². The molecule has 0 N–H and O–H groups in total. The van der Waals surface area contributed by atoms with Crippen LogP contribution in [0.2, 0.25) is 0 Å². The lowest BCUT2D eigenvalue weighted by molar-refractivity contribution is 0.308. The molecule has 0 bridgehead atoms. The van der Waals surface area contributed by atoms with Crippen LogP contribution in [0.5, 0.6) is 0 Å². The van der Waals surface area contributed by atoms with Crippen molar-refractivity contribution in [3.8, 4) is 6.07 Å². The molecular formula is C11H18N4. The van der Waals surface area contributed by atoms with Gasteiger partial charge in [-0.3, -0.25) is 9.58 Å². The second-order valence-corrected chi connectivity index (χ2v) is 3.63. The molecule has 0 saturated carbocycles. The summed E-state index contributed by atoms with van der Waals surface area (Å²) in [5.74, 6) is 0. The van der Waals surface area contributed by atoms with E-state index in [0.29, 0.717) is 6.54 Å². The van der Waals surface area contributed by atoms with E-state index in [-0.39, 0.29) is 0 Å². The van der Waals surface area contributed by atoms with Crippen LogP contribution in [0.15, 0.2) is 12.3 Å². The van der Waals surface area contributed by atoms with Crippen LogP contribution in [0.1, 0.15) is 19.0 Å². The van der Waals surface area contributed by atoms with E-state index in [1.165, 1.54) is 5.69 Å². The zero-order valence-corrected chi connectivity index (χ0v) is 9.48. The molecule has 0 spiro atoms. The van der Waals surface area contributed by atoms with Crippen LogP contribution in [0.3, 0.4) is 0 Å². The van der Waals surface area contributed by atoms with Gasteiger partial charge in [0.05, 0.1) is 12.6 Å². The fourth-order valence-electron chi connectivity index (χ4n) is 1.61. The summed E-state index contributed by atoms with van der Waals surface area (Å²) >= 11 is 0. The Morgan fingerprint density at radius 2 is 2.33 bits per heavy atom. The van der Waals surface area contributed by atoms with Crippen molar-refractivity contribution in [3.05, 3.63) is 18.0 Å². The van der Waals surface area contributed by atoms with E-state index in [9.17, 15) is 0 Å². The summed E-state index contributed by atoms with van der Waals surface area (Å²) in [6, 6.07) is 4.23. The van der Waals surface area contributed by atoms with Crippen molar-refractivity contribution < 1.29 is 0 Å². The summed E-state index contributed by atoms with van der Waals surface area (Å²) in [4.78, 5) is 2.17. The quantitative estimate of drug-likeness (QED) is 0.657. The highest BCUT2D eigenvalue weighted by molar-refractivity contribution is 5.00. The second kappa shape index (κ2) is 6.20. The highest BCUT2D eigenvalue weighted by atomic mass is 15.3. The first-order valence-corrected chi connectivity index (χ1v) is 5.34. The molecule has 15 heavy (non-hydrogen) atoms. The Labute approximate surface area is 91.1 Å². The molecule has 0 aromatic carbocycles. The number of rotatable bonds is 6. The van der Waals surface area contributed by atoms with Crippen LogP contribution >= 0.6 is 0 Å².